The Balaban J connectivity index is 0.000001000. The molecule has 1 aliphatic heterocycles. The number of nitrogens with one attached hydrogen (secondary N) is 2. The van der Waals surface area contributed by atoms with E-state index in [1.54, 1.807) is 0 Å². The van der Waals surface area contributed by atoms with Crippen LogP contribution in [0.1, 0.15) is 20.3 Å². The van der Waals surface area contributed by atoms with E-state index >= 15 is 0 Å². The molecule has 1 rings (SSSR count). The van der Waals surface area contributed by atoms with Gasteiger partial charge in [0.05, 0.1) is 0 Å². The highest BCUT2D eigenvalue weighted by molar-refractivity contribution is 5.85. The molecule has 1 heterocycles. The number of hydrogen-bond donors (Lipinski definition) is 2. The van der Waals surface area contributed by atoms with Crippen LogP contribution in [0.15, 0.2) is 0 Å². The van der Waals surface area contributed by atoms with Crippen molar-refractivity contribution in [1.29, 1.82) is 0 Å². The molecule has 0 saturated carbocycles. The fraction of sp³-hybridized carbons (Fsp3) is 1.00. The van der Waals surface area contributed by atoms with E-state index in [9.17, 15) is 0 Å². The molecular formula is C8H19ClN2. The van der Waals surface area contributed by atoms with Gasteiger partial charge in [-0.05, 0) is 12.3 Å². The van der Waals surface area contributed by atoms with Gasteiger partial charge in [-0.15, -0.1) is 12.4 Å². The van der Waals surface area contributed by atoms with Crippen molar-refractivity contribution in [2.75, 3.05) is 19.6 Å². The summed E-state index contributed by atoms with van der Waals surface area (Å²) >= 11 is 0. The highest BCUT2D eigenvalue weighted by Gasteiger charge is 2.12. The van der Waals surface area contributed by atoms with Gasteiger partial charge in [0.15, 0.2) is 0 Å². The molecule has 3 heteroatoms. The summed E-state index contributed by atoms with van der Waals surface area (Å²) in [5.74, 6) is 0.817. The van der Waals surface area contributed by atoms with Gasteiger partial charge in [0.2, 0.25) is 0 Å². The van der Waals surface area contributed by atoms with Crippen LogP contribution in [-0.4, -0.2) is 25.7 Å². The molecule has 0 radical (unpaired) electrons. The maximum atomic E-state index is 3.49. The van der Waals surface area contributed by atoms with Crippen molar-refractivity contribution in [3.63, 3.8) is 0 Å². The van der Waals surface area contributed by atoms with E-state index in [2.05, 4.69) is 24.5 Å². The van der Waals surface area contributed by atoms with Crippen molar-refractivity contribution in [2.45, 2.75) is 26.3 Å². The molecule has 1 atom stereocenters. The minimum absolute atomic E-state index is 0. The summed E-state index contributed by atoms with van der Waals surface area (Å²) in [6.45, 7) is 7.97. The van der Waals surface area contributed by atoms with E-state index in [1.165, 1.54) is 6.42 Å². The predicted octanol–water partition coefficient (Wildman–Crippen LogP) is 1.02. The van der Waals surface area contributed by atoms with E-state index in [0.717, 1.165) is 25.6 Å². The van der Waals surface area contributed by atoms with Gasteiger partial charge in [0.25, 0.3) is 0 Å². The minimum atomic E-state index is 0. The third kappa shape index (κ3) is 4.62. The van der Waals surface area contributed by atoms with Crippen LogP contribution in [0.2, 0.25) is 0 Å². The van der Waals surface area contributed by atoms with Gasteiger partial charge < -0.3 is 10.6 Å². The lowest BCUT2D eigenvalue weighted by Gasteiger charge is -2.25. The number of piperazine rings is 1. The standard InChI is InChI=1S/C8H18N2.ClH/c1-7(2)5-8-6-9-3-4-10-8;/h7-10H,3-6H2,1-2H3;1H. The fourth-order valence-corrected chi connectivity index (χ4v) is 1.45. The lowest BCUT2D eigenvalue weighted by molar-refractivity contribution is 0.362. The molecule has 0 spiro atoms. The molecule has 1 saturated heterocycles. The van der Waals surface area contributed by atoms with Gasteiger partial charge >= 0.3 is 0 Å². The van der Waals surface area contributed by atoms with Gasteiger partial charge in [-0.1, -0.05) is 13.8 Å². The predicted molar refractivity (Wildman–Crippen MR) is 51.4 cm³/mol. The Morgan fingerprint density at radius 2 is 2.09 bits per heavy atom. The van der Waals surface area contributed by atoms with Crippen molar-refractivity contribution >= 4 is 12.4 Å². The maximum absolute atomic E-state index is 3.49. The monoisotopic (exact) mass is 178 g/mol. The van der Waals surface area contributed by atoms with Crippen LogP contribution in [-0.2, 0) is 0 Å². The summed E-state index contributed by atoms with van der Waals surface area (Å²) < 4.78 is 0. The Morgan fingerprint density at radius 1 is 1.36 bits per heavy atom. The second-order valence-corrected chi connectivity index (χ2v) is 3.48. The highest BCUT2D eigenvalue weighted by Crippen LogP contribution is 2.04. The van der Waals surface area contributed by atoms with E-state index < -0.39 is 0 Å². The zero-order valence-electron chi connectivity index (χ0n) is 7.39. The molecule has 0 aromatic heterocycles. The molecule has 11 heavy (non-hydrogen) atoms. The van der Waals surface area contributed by atoms with Gasteiger partial charge in [0, 0.05) is 25.7 Å². The maximum Gasteiger partial charge on any atom is 0.0195 e. The van der Waals surface area contributed by atoms with Crippen LogP contribution in [0.25, 0.3) is 0 Å². The van der Waals surface area contributed by atoms with Crippen LogP contribution < -0.4 is 10.6 Å². The Morgan fingerprint density at radius 3 is 2.55 bits per heavy atom. The van der Waals surface area contributed by atoms with Crippen LogP contribution >= 0.6 is 12.4 Å². The SMILES string of the molecule is CC(C)CC1CNCCN1.Cl. The largest absolute Gasteiger partial charge is 0.314 e. The number of hydrogen-bond acceptors (Lipinski definition) is 2. The Kier molecular flexibility index (Phi) is 5.92. The van der Waals surface area contributed by atoms with Gasteiger partial charge in [-0.25, -0.2) is 0 Å². The molecule has 1 aliphatic rings. The topological polar surface area (TPSA) is 24.1 Å². The molecule has 2 nitrogen and oxygen atoms in total. The van der Waals surface area contributed by atoms with E-state index in [0.29, 0.717) is 6.04 Å². The third-order valence-electron chi connectivity index (χ3n) is 1.88. The first-order chi connectivity index (χ1) is 4.79. The average molecular weight is 179 g/mol. The zero-order chi connectivity index (χ0) is 7.40. The Hall–Kier alpha value is 0.210. The quantitative estimate of drug-likeness (QED) is 0.660. The molecule has 68 valence electrons. The lowest BCUT2D eigenvalue weighted by Crippen LogP contribution is -2.48. The molecule has 0 amide bonds. The zero-order valence-corrected chi connectivity index (χ0v) is 8.21. The normalized spacial score (nSPS) is 24.8. The van der Waals surface area contributed by atoms with Crippen LogP contribution in [0.3, 0.4) is 0 Å². The van der Waals surface area contributed by atoms with Crippen LogP contribution in [0.5, 0.6) is 0 Å². The summed E-state index contributed by atoms with van der Waals surface area (Å²) in [6, 6.07) is 0.716. The third-order valence-corrected chi connectivity index (χ3v) is 1.88. The molecule has 0 aliphatic carbocycles. The summed E-state index contributed by atoms with van der Waals surface area (Å²) in [5.41, 5.74) is 0. The van der Waals surface area contributed by atoms with E-state index in [1.807, 2.05) is 0 Å². The summed E-state index contributed by atoms with van der Waals surface area (Å²) in [5, 5.41) is 6.87. The van der Waals surface area contributed by atoms with Crippen molar-refractivity contribution in [1.82, 2.24) is 10.6 Å². The van der Waals surface area contributed by atoms with Crippen molar-refractivity contribution in [2.24, 2.45) is 5.92 Å². The fourth-order valence-electron chi connectivity index (χ4n) is 1.45. The minimum Gasteiger partial charge on any atom is -0.314 e. The Bertz CT molecular complexity index is 90.1. The van der Waals surface area contributed by atoms with Gasteiger partial charge in [0.1, 0.15) is 0 Å². The first-order valence-electron chi connectivity index (χ1n) is 4.23. The van der Waals surface area contributed by atoms with E-state index in [4.69, 9.17) is 0 Å². The highest BCUT2D eigenvalue weighted by atomic mass is 35.5. The number of halogens is 1. The van der Waals surface area contributed by atoms with Crippen LogP contribution in [0, 0.1) is 5.92 Å². The van der Waals surface area contributed by atoms with Crippen molar-refractivity contribution in [3.8, 4) is 0 Å². The molecule has 0 aromatic rings. The second-order valence-electron chi connectivity index (χ2n) is 3.48. The molecule has 1 unspecified atom stereocenters. The van der Waals surface area contributed by atoms with Gasteiger partial charge in [-0.2, -0.15) is 0 Å². The molecule has 2 N–H and O–H groups in total. The van der Waals surface area contributed by atoms with Crippen molar-refractivity contribution < 1.29 is 0 Å². The Labute approximate surface area is 75.5 Å². The van der Waals surface area contributed by atoms with Gasteiger partial charge in [-0.3, -0.25) is 0 Å². The number of rotatable bonds is 2. The van der Waals surface area contributed by atoms with E-state index in [-0.39, 0.29) is 12.4 Å². The molecule has 1 fully saturated rings. The lowest BCUT2D eigenvalue weighted by atomic mass is 10.0. The van der Waals surface area contributed by atoms with Crippen LogP contribution in [0.4, 0.5) is 0 Å². The molecular weight excluding hydrogens is 160 g/mol. The summed E-state index contributed by atoms with van der Waals surface area (Å²) in [6.07, 6.45) is 1.30. The smallest absolute Gasteiger partial charge is 0.0195 e. The first-order valence-corrected chi connectivity index (χ1v) is 4.23. The summed E-state index contributed by atoms with van der Waals surface area (Å²) in [4.78, 5) is 0. The summed E-state index contributed by atoms with van der Waals surface area (Å²) in [7, 11) is 0. The van der Waals surface area contributed by atoms with Crippen molar-refractivity contribution in [3.05, 3.63) is 0 Å². The first kappa shape index (κ1) is 11.2. The average Bonchev–Trinajstić information content (AvgIpc) is 1.88. The molecule has 0 bridgehead atoms. The molecule has 0 aromatic carbocycles. The second kappa shape index (κ2) is 5.81.